The molecule has 1 fully saturated rings. The molecule has 0 aromatic heterocycles. The Bertz CT molecular complexity index is 1150. The monoisotopic (exact) mass is 463 g/mol. The van der Waals surface area contributed by atoms with Gasteiger partial charge in [-0.15, -0.1) is 0 Å². The highest BCUT2D eigenvalue weighted by Gasteiger charge is 2.28. The lowest BCUT2D eigenvalue weighted by atomic mass is 10.2. The molecule has 2 N–H and O–H groups in total. The Morgan fingerprint density at radius 2 is 1.90 bits per heavy atom. The fourth-order valence-electron chi connectivity index (χ4n) is 3.58. The quantitative estimate of drug-likeness (QED) is 0.722. The van der Waals surface area contributed by atoms with E-state index in [1.165, 1.54) is 22.5 Å². The van der Waals surface area contributed by atoms with E-state index in [0.29, 0.717) is 30.2 Å². The van der Waals surface area contributed by atoms with Crippen LogP contribution in [0.15, 0.2) is 41.3 Å². The Morgan fingerprint density at radius 3 is 2.65 bits per heavy atom. The summed E-state index contributed by atoms with van der Waals surface area (Å²) in [6.07, 6.45) is 2.04. The zero-order chi connectivity index (χ0) is 22.2. The van der Waals surface area contributed by atoms with Crippen LogP contribution in [0.1, 0.15) is 36.5 Å². The summed E-state index contributed by atoms with van der Waals surface area (Å²) in [5.41, 5.74) is 0.891. The van der Waals surface area contributed by atoms with Crippen molar-refractivity contribution in [2.24, 2.45) is 0 Å². The maximum Gasteiger partial charge on any atom is 0.265 e. The largest absolute Gasteiger partial charge is 0.479 e. The topological polar surface area (TPSA) is 105 Å². The highest BCUT2D eigenvalue weighted by molar-refractivity contribution is 7.89. The summed E-state index contributed by atoms with van der Waals surface area (Å²) in [6.45, 7) is 2.57. The Hall–Kier alpha value is -2.62. The van der Waals surface area contributed by atoms with Crippen molar-refractivity contribution in [2.75, 3.05) is 23.7 Å². The van der Waals surface area contributed by atoms with Crippen molar-refractivity contribution in [2.45, 2.75) is 37.2 Å². The van der Waals surface area contributed by atoms with Crippen LogP contribution in [-0.4, -0.2) is 43.7 Å². The minimum absolute atomic E-state index is 0.0315. The molecule has 2 amide bonds. The highest BCUT2D eigenvalue weighted by atomic mass is 35.5. The maximum absolute atomic E-state index is 12.9. The van der Waals surface area contributed by atoms with Crippen molar-refractivity contribution >= 4 is 44.8 Å². The number of halogens is 1. The van der Waals surface area contributed by atoms with E-state index in [4.69, 9.17) is 16.3 Å². The number of carbonyl (C=O) groups is 2. The van der Waals surface area contributed by atoms with Gasteiger partial charge in [0.2, 0.25) is 10.0 Å². The average Bonchev–Trinajstić information content (AvgIpc) is 2.75. The van der Waals surface area contributed by atoms with Gasteiger partial charge >= 0.3 is 0 Å². The first-order valence-corrected chi connectivity index (χ1v) is 11.8. The second-order valence-corrected chi connectivity index (χ2v) is 9.87. The van der Waals surface area contributed by atoms with Crippen LogP contribution in [0.4, 0.5) is 11.4 Å². The molecule has 0 radical (unpaired) electrons. The number of anilines is 2. The minimum atomic E-state index is -3.70. The van der Waals surface area contributed by atoms with Crippen LogP contribution in [0.2, 0.25) is 5.02 Å². The standard InChI is InChI=1S/C21H22ClN3O5S/c1-13-20(26)24-18-11-14(5-8-19(18)30-13)23-21(27)16-12-15(6-7-17(16)22)31(28,29)25-9-3-2-4-10-25/h5-8,11-13H,2-4,9-10H2,1H3,(H,23,27)(H,24,26). The molecule has 1 saturated heterocycles. The number of nitrogens with zero attached hydrogens (tertiary/aromatic N) is 1. The van der Waals surface area contributed by atoms with Crippen molar-refractivity contribution in [3.05, 3.63) is 47.0 Å². The molecule has 8 nitrogen and oxygen atoms in total. The second-order valence-electron chi connectivity index (χ2n) is 7.52. The lowest BCUT2D eigenvalue weighted by Crippen LogP contribution is -2.35. The molecule has 2 aromatic rings. The summed E-state index contributed by atoms with van der Waals surface area (Å²) in [5, 5.41) is 5.55. The van der Waals surface area contributed by atoms with Gasteiger partial charge in [0.05, 0.1) is 21.2 Å². The fraction of sp³-hybridized carbons (Fsp3) is 0.333. The smallest absolute Gasteiger partial charge is 0.265 e. The van der Waals surface area contributed by atoms with Gasteiger partial charge in [0.1, 0.15) is 5.75 Å². The van der Waals surface area contributed by atoms with E-state index < -0.39 is 22.0 Å². The molecular weight excluding hydrogens is 442 g/mol. The lowest BCUT2D eigenvalue weighted by Gasteiger charge is -2.26. The molecule has 4 rings (SSSR count). The van der Waals surface area contributed by atoms with Crippen LogP contribution in [0.3, 0.4) is 0 Å². The molecule has 1 atom stereocenters. The van der Waals surface area contributed by atoms with Crippen molar-refractivity contribution < 1.29 is 22.7 Å². The van der Waals surface area contributed by atoms with Crippen LogP contribution >= 0.6 is 11.6 Å². The number of piperidine rings is 1. The number of hydrogen-bond donors (Lipinski definition) is 2. The Kier molecular flexibility index (Phi) is 5.92. The van der Waals surface area contributed by atoms with Crippen LogP contribution in [0.25, 0.3) is 0 Å². The third-order valence-electron chi connectivity index (χ3n) is 5.30. The summed E-state index contributed by atoms with van der Waals surface area (Å²) in [5.74, 6) is -0.343. The van der Waals surface area contributed by atoms with E-state index >= 15 is 0 Å². The van der Waals surface area contributed by atoms with E-state index in [0.717, 1.165) is 19.3 Å². The zero-order valence-electron chi connectivity index (χ0n) is 16.9. The SMILES string of the molecule is CC1Oc2ccc(NC(=O)c3cc(S(=O)(=O)N4CCCCC4)ccc3Cl)cc2NC1=O. The molecule has 2 aromatic carbocycles. The van der Waals surface area contributed by atoms with E-state index in [1.54, 1.807) is 25.1 Å². The number of fused-ring (bicyclic) bond motifs is 1. The number of nitrogens with one attached hydrogen (secondary N) is 2. The number of sulfonamides is 1. The van der Waals surface area contributed by atoms with E-state index in [2.05, 4.69) is 10.6 Å². The molecule has 2 aliphatic heterocycles. The van der Waals surface area contributed by atoms with Gasteiger partial charge in [0, 0.05) is 18.8 Å². The summed E-state index contributed by atoms with van der Waals surface area (Å²) < 4.78 is 32.8. The number of rotatable bonds is 4. The van der Waals surface area contributed by atoms with E-state index in [1.807, 2.05) is 0 Å². The van der Waals surface area contributed by atoms with Gasteiger partial charge in [-0.1, -0.05) is 18.0 Å². The predicted molar refractivity (Wildman–Crippen MR) is 117 cm³/mol. The van der Waals surface area contributed by atoms with Gasteiger partial charge in [-0.05, 0) is 56.2 Å². The normalized spacial score (nSPS) is 19.2. The minimum Gasteiger partial charge on any atom is -0.479 e. The third-order valence-corrected chi connectivity index (χ3v) is 7.53. The molecular formula is C21H22ClN3O5S. The van der Waals surface area contributed by atoms with Crippen LogP contribution in [0, 0.1) is 0 Å². The van der Waals surface area contributed by atoms with Crippen LogP contribution < -0.4 is 15.4 Å². The first kappa shape index (κ1) is 21.6. The summed E-state index contributed by atoms with van der Waals surface area (Å²) >= 11 is 6.20. The molecule has 2 heterocycles. The van der Waals surface area contributed by atoms with Gasteiger partial charge < -0.3 is 15.4 Å². The fourth-order valence-corrected chi connectivity index (χ4v) is 5.33. The highest BCUT2D eigenvalue weighted by Crippen LogP contribution is 2.33. The van der Waals surface area contributed by atoms with E-state index in [-0.39, 0.29) is 21.4 Å². The van der Waals surface area contributed by atoms with Crippen molar-refractivity contribution in [3.63, 3.8) is 0 Å². The molecule has 31 heavy (non-hydrogen) atoms. The molecule has 1 unspecified atom stereocenters. The molecule has 2 aliphatic rings. The number of ether oxygens (including phenoxy) is 1. The predicted octanol–water partition coefficient (Wildman–Crippen LogP) is 3.49. The van der Waals surface area contributed by atoms with Gasteiger partial charge in [0.25, 0.3) is 11.8 Å². The third kappa shape index (κ3) is 4.39. The first-order chi connectivity index (χ1) is 14.8. The van der Waals surface area contributed by atoms with Crippen LogP contribution in [0.5, 0.6) is 5.75 Å². The lowest BCUT2D eigenvalue weighted by molar-refractivity contribution is -0.122. The van der Waals surface area contributed by atoms with Gasteiger partial charge in [-0.25, -0.2) is 8.42 Å². The van der Waals surface area contributed by atoms with Gasteiger partial charge in [0.15, 0.2) is 6.10 Å². The molecule has 0 aliphatic carbocycles. The second kappa shape index (κ2) is 8.49. The van der Waals surface area contributed by atoms with Gasteiger partial charge in [-0.3, -0.25) is 9.59 Å². The van der Waals surface area contributed by atoms with Crippen LogP contribution in [-0.2, 0) is 14.8 Å². The summed E-state index contributed by atoms with van der Waals surface area (Å²) in [7, 11) is -3.70. The number of benzene rings is 2. The van der Waals surface area contributed by atoms with Crippen molar-refractivity contribution in [3.8, 4) is 5.75 Å². The van der Waals surface area contributed by atoms with Crippen molar-refractivity contribution in [1.29, 1.82) is 0 Å². The zero-order valence-corrected chi connectivity index (χ0v) is 18.4. The van der Waals surface area contributed by atoms with E-state index in [9.17, 15) is 18.0 Å². The number of hydrogen-bond acceptors (Lipinski definition) is 5. The first-order valence-electron chi connectivity index (χ1n) is 9.98. The molecule has 0 spiro atoms. The molecule has 0 bridgehead atoms. The summed E-state index contributed by atoms with van der Waals surface area (Å²) in [6, 6.07) is 8.96. The Labute approximate surface area is 185 Å². The number of carbonyl (C=O) groups excluding carboxylic acids is 2. The summed E-state index contributed by atoms with van der Waals surface area (Å²) in [4.78, 5) is 24.7. The number of amides is 2. The van der Waals surface area contributed by atoms with Gasteiger partial charge in [-0.2, -0.15) is 4.31 Å². The molecule has 164 valence electrons. The Morgan fingerprint density at radius 1 is 1.16 bits per heavy atom. The van der Waals surface area contributed by atoms with Crippen molar-refractivity contribution in [1.82, 2.24) is 4.31 Å². The maximum atomic E-state index is 12.9. The molecule has 0 saturated carbocycles. The Balaban J connectivity index is 1.57. The molecule has 10 heteroatoms. The average molecular weight is 464 g/mol.